The maximum atomic E-state index is 10.0. The van der Waals surface area contributed by atoms with Gasteiger partial charge in [0.05, 0.1) is 30.3 Å². The molecule has 1 saturated heterocycles. The molecular formula is C11H15N5O3. The Balaban J connectivity index is 2.04. The van der Waals surface area contributed by atoms with Gasteiger partial charge in [0.25, 0.3) is 0 Å². The summed E-state index contributed by atoms with van der Waals surface area (Å²) < 4.78 is 0. The van der Waals surface area contributed by atoms with Gasteiger partial charge in [0, 0.05) is 11.8 Å². The lowest BCUT2D eigenvalue weighted by Gasteiger charge is -2.14. The Kier molecular flexibility index (Phi) is 2.86. The zero-order chi connectivity index (χ0) is 13.6. The number of aliphatic hydroxyl groups is 3. The third-order valence-corrected chi connectivity index (χ3v) is 3.55. The van der Waals surface area contributed by atoms with Crippen molar-refractivity contribution in [2.45, 2.75) is 24.3 Å². The van der Waals surface area contributed by atoms with Gasteiger partial charge in [0.2, 0.25) is 0 Å². The molecule has 0 aliphatic carbocycles. The van der Waals surface area contributed by atoms with Crippen LogP contribution in [-0.4, -0.2) is 55.1 Å². The first kappa shape index (κ1) is 12.3. The van der Waals surface area contributed by atoms with Gasteiger partial charge in [-0.15, -0.1) is 0 Å². The van der Waals surface area contributed by atoms with E-state index in [2.05, 4.69) is 20.3 Å². The summed E-state index contributed by atoms with van der Waals surface area (Å²) in [6.07, 6.45) is 0.964. The first-order valence-electron chi connectivity index (χ1n) is 5.94. The van der Waals surface area contributed by atoms with Gasteiger partial charge in [-0.05, 0) is 0 Å². The maximum absolute atomic E-state index is 10.0. The minimum atomic E-state index is -1.03. The quantitative estimate of drug-likeness (QED) is 0.379. The van der Waals surface area contributed by atoms with Crippen molar-refractivity contribution in [3.05, 3.63) is 18.1 Å². The maximum Gasteiger partial charge on any atom is 0.151 e. The molecule has 1 fully saturated rings. The van der Waals surface area contributed by atoms with Crippen LogP contribution < -0.4 is 11.1 Å². The van der Waals surface area contributed by atoms with Gasteiger partial charge in [0.15, 0.2) is 5.82 Å². The van der Waals surface area contributed by atoms with Crippen molar-refractivity contribution in [1.29, 1.82) is 0 Å². The van der Waals surface area contributed by atoms with E-state index in [0.29, 0.717) is 22.4 Å². The van der Waals surface area contributed by atoms with Gasteiger partial charge in [-0.2, -0.15) is 0 Å². The molecule has 1 aliphatic rings. The van der Waals surface area contributed by atoms with Crippen LogP contribution in [0.5, 0.6) is 0 Å². The SMILES string of the molecule is Nc1ncnc2c([C@H]3NC(CO)C(O)C3O)c[nH]c12. The van der Waals surface area contributed by atoms with Crippen LogP contribution in [-0.2, 0) is 0 Å². The summed E-state index contributed by atoms with van der Waals surface area (Å²) in [6, 6.07) is -1.08. The molecular weight excluding hydrogens is 250 g/mol. The average molecular weight is 265 g/mol. The molecule has 3 heterocycles. The van der Waals surface area contributed by atoms with Crippen molar-refractivity contribution in [2.24, 2.45) is 0 Å². The molecule has 19 heavy (non-hydrogen) atoms. The topological polar surface area (TPSA) is 140 Å². The van der Waals surface area contributed by atoms with Crippen LogP contribution in [0.1, 0.15) is 11.6 Å². The molecule has 1 aliphatic heterocycles. The minimum absolute atomic E-state index is 0.256. The summed E-state index contributed by atoms with van der Waals surface area (Å²) in [5, 5.41) is 32.0. The Morgan fingerprint density at radius 3 is 2.74 bits per heavy atom. The second kappa shape index (κ2) is 4.42. The third kappa shape index (κ3) is 1.77. The molecule has 0 saturated carbocycles. The number of aliphatic hydroxyl groups excluding tert-OH is 3. The smallest absolute Gasteiger partial charge is 0.151 e. The number of hydrogen-bond donors (Lipinski definition) is 6. The molecule has 102 valence electrons. The van der Waals surface area contributed by atoms with Gasteiger partial charge >= 0.3 is 0 Å². The van der Waals surface area contributed by atoms with E-state index in [0.717, 1.165) is 0 Å². The third-order valence-electron chi connectivity index (χ3n) is 3.55. The van der Waals surface area contributed by atoms with Crippen molar-refractivity contribution in [2.75, 3.05) is 12.3 Å². The molecule has 8 heteroatoms. The molecule has 3 rings (SSSR count). The van der Waals surface area contributed by atoms with Gasteiger partial charge in [-0.3, -0.25) is 0 Å². The predicted octanol–water partition coefficient (Wildman–Crippen LogP) is -1.73. The van der Waals surface area contributed by atoms with Crippen LogP contribution in [0.2, 0.25) is 0 Å². The van der Waals surface area contributed by atoms with Crippen LogP contribution in [0.3, 0.4) is 0 Å². The second-order valence-corrected chi connectivity index (χ2v) is 4.64. The Hall–Kier alpha value is -1.74. The number of nitrogen functional groups attached to an aromatic ring is 1. The monoisotopic (exact) mass is 265 g/mol. The number of rotatable bonds is 2. The zero-order valence-corrected chi connectivity index (χ0v) is 9.98. The van der Waals surface area contributed by atoms with Crippen molar-refractivity contribution >= 4 is 16.9 Å². The van der Waals surface area contributed by atoms with Crippen molar-refractivity contribution in [3.63, 3.8) is 0 Å². The van der Waals surface area contributed by atoms with Gasteiger partial charge in [0.1, 0.15) is 17.9 Å². The van der Waals surface area contributed by atoms with Crippen molar-refractivity contribution in [1.82, 2.24) is 20.3 Å². The van der Waals surface area contributed by atoms with E-state index in [1.165, 1.54) is 6.33 Å². The zero-order valence-electron chi connectivity index (χ0n) is 9.98. The first-order valence-corrected chi connectivity index (χ1v) is 5.94. The molecule has 2 aromatic heterocycles. The number of nitrogens with one attached hydrogen (secondary N) is 2. The molecule has 0 spiro atoms. The molecule has 0 radical (unpaired) electrons. The fourth-order valence-corrected chi connectivity index (χ4v) is 2.51. The van der Waals surface area contributed by atoms with Gasteiger partial charge in [-0.25, -0.2) is 9.97 Å². The number of aromatic nitrogens is 3. The summed E-state index contributed by atoms with van der Waals surface area (Å²) in [6.45, 7) is -0.256. The summed E-state index contributed by atoms with van der Waals surface area (Å²) in [5.74, 6) is 0.322. The number of anilines is 1. The van der Waals surface area contributed by atoms with E-state index >= 15 is 0 Å². The van der Waals surface area contributed by atoms with Crippen molar-refractivity contribution < 1.29 is 15.3 Å². The van der Waals surface area contributed by atoms with Crippen molar-refractivity contribution in [3.8, 4) is 0 Å². The Bertz CT molecular complexity index is 601. The van der Waals surface area contributed by atoms with E-state index in [1.54, 1.807) is 6.20 Å². The normalized spacial score (nSPS) is 31.1. The summed E-state index contributed by atoms with van der Waals surface area (Å²) in [7, 11) is 0. The molecule has 7 N–H and O–H groups in total. The lowest BCUT2D eigenvalue weighted by atomic mass is 10.0. The van der Waals surface area contributed by atoms with Crippen LogP contribution in [0, 0.1) is 0 Å². The molecule has 0 bridgehead atoms. The lowest BCUT2D eigenvalue weighted by molar-refractivity contribution is 0.0196. The molecule has 2 aromatic rings. The average Bonchev–Trinajstić information content (AvgIpc) is 2.94. The Labute approximate surface area is 108 Å². The lowest BCUT2D eigenvalue weighted by Crippen LogP contribution is -2.35. The second-order valence-electron chi connectivity index (χ2n) is 4.64. The highest BCUT2D eigenvalue weighted by Gasteiger charge is 2.42. The fraction of sp³-hybridized carbons (Fsp3) is 0.455. The molecule has 0 aromatic carbocycles. The number of fused-ring (bicyclic) bond motifs is 1. The van der Waals surface area contributed by atoms with Crippen LogP contribution in [0.4, 0.5) is 5.82 Å². The standard InChI is InChI=1S/C11H15N5O3/c12-11-8-6(14-3-15-11)4(1-13-8)7-10(19)9(18)5(2-17)16-7/h1,3,5,7,9-10,13,16-19H,2H2,(H2,12,14,15)/t5?,7-,9?,10?/m1/s1. The van der Waals surface area contributed by atoms with Crippen LogP contribution in [0.15, 0.2) is 12.5 Å². The molecule has 0 amide bonds. The minimum Gasteiger partial charge on any atom is -0.395 e. The van der Waals surface area contributed by atoms with E-state index in [1.807, 2.05) is 0 Å². The number of H-pyrrole nitrogens is 1. The van der Waals surface area contributed by atoms with Gasteiger partial charge in [-0.1, -0.05) is 0 Å². The van der Waals surface area contributed by atoms with Crippen LogP contribution >= 0.6 is 0 Å². The number of nitrogens with zero attached hydrogens (tertiary/aromatic N) is 2. The summed E-state index contributed by atoms with van der Waals surface area (Å²) >= 11 is 0. The highest BCUT2D eigenvalue weighted by atomic mass is 16.3. The Morgan fingerprint density at radius 2 is 2.05 bits per heavy atom. The predicted molar refractivity (Wildman–Crippen MR) is 67.1 cm³/mol. The highest BCUT2D eigenvalue weighted by molar-refractivity contribution is 5.87. The molecule has 3 unspecified atom stereocenters. The van der Waals surface area contributed by atoms with Gasteiger partial charge < -0.3 is 31.4 Å². The highest BCUT2D eigenvalue weighted by Crippen LogP contribution is 2.32. The number of hydrogen-bond acceptors (Lipinski definition) is 7. The molecule has 4 atom stereocenters. The van der Waals surface area contributed by atoms with E-state index < -0.39 is 24.3 Å². The van der Waals surface area contributed by atoms with E-state index in [-0.39, 0.29) is 6.61 Å². The summed E-state index contributed by atoms with van der Waals surface area (Å²) in [4.78, 5) is 11.0. The van der Waals surface area contributed by atoms with E-state index in [4.69, 9.17) is 10.8 Å². The van der Waals surface area contributed by atoms with E-state index in [9.17, 15) is 10.2 Å². The fourth-order valence-electron chi connectivity index (χ4n) is 2.51. The number of aromatic amines is 1. The first-order chi connectivity index (χ1) is 9.13. The largest absolute Gasteiger partial charge is 0.395 e. The summed E-state index contributed by atoms with van der Waals surface area (Å²) in [5.41, 5.74) is 7.60. The Morgan fingerprint density at radius 1 is 1.26 bits per heavy atom. The number of nitrogens with two attached hydrogens (primary N) is 1. The van der Waals surface area contributed by atoms with Crippen LogP contribution in [0.25, 0.3) is 11.0 Å². The molecule has 8 nitrogen and oxygen atoms in total.